The zero-order chi connectivity index (χ0) is 27.1. The number of ether oxygens (including phenoxy) is 1. The fraction of sp³-hybridized carbons (Fsp3) is 0.269. The molecule has 1 fully saturated rings. The molecule has 2 N–H and O–H groups in total. The van der Waals surface area contributed by atoms with Crippen LogP contribution in [0.3, 0.4) is 0 Å². The van der Waals surface area contributed by atoms with E-state index in [1.807, 2.05) is 0 Å². The van der Waals surface area contributed by atoms with Crippen LogP contribution < -0.4 is 10.1 Å². The lowest BCUT2D eigenvalue weighted by molar-refractivity contribution is -0.145. The molecule has 1 aliphatic rings. The van der Waals surface area contributed by atoms with E-state index in [0.29, 0.717) is 52.0 Å². The van der Waals surface area contributed by atoms with Crippen molar-refractivity contribution in [3.63, 3.8) is 0 Å². The molecule has 1 saturated carbocycles. The Labute approximate surface area is 213 Å². The van der Waals surface area contributed by atoms with Gasteiger partial charge in [-0.05, 0) is 55.2 Å². The topological polar surface area (TPSA) is 110 Å². The predicted octanol–water partition coefficient (Wildman–Crippen LogP) is 5.66. The molecular weight excluding hydrogens is 506 g/mol. The van der Waals surface area contributed by atoms with Gasteiger partial charge < -0.3 is 15.2 Å². The second kappa shape index (κ2) is 9.51. The molecule has 0 saturated heterocycles. The second-order valence-corrected chi connectivity index (χ2v) is 9.18. The van der Waals surface area contributed by atoms with Gasteiger partial charge >= 0.3 is 12.1 Å². The van der Waals surface area contributed by atoms with Crippen molar-refractivity contribution >= 4 is 22.7 Å². The molecule has 0 amide bonds. The Morgan fingerprint density at radius 3 is 2.37 bits per heavy atom. The Morgan fingerprint density at radius 2 is 1.76 bits per heavy atom. The number of nitrogens with zero attached hydrogens (tertiary/aromatic N) is 4. The van der Waals surface area contributed by atoms with Gasteiger partial charge in [0.05, 0.1) is 6.04 Å². The molecule has 0 spiro atoms. The number of benzene rings is 2. The number of aromatic nitrogens is 4. The minimum absolute atomic E-state index is 0.0453. The van der Waals surface area contributed by atoms with E-state index in [1.165, 1.54) is 18.5 Å². The minimum Gasteiger partial charge on any atom is -0.490 e. The van der Waals surface area contributed by atoms with Gasteiger partial charge in [-0.1, -0.05) is 12.1 Å². The van der Waals surface area contributed by atoms with Gasteiger partial charge in [-0.2, -0.15) is 13.2 Å². The summed E-state index contributed by atoms with van der Waals surface area (Å²) in [6.45, 7) is 1.67. The summed E-state index contributed by atoms with van der Waals surface area (Å²) in [5.74, 6) is -1.88. The summed E-state index contributed by atoms with van der Waals surface area (Å²) in [7, 11) is 0. The van der Waals surface area contributed by atoms with Gasteiger partial charge in [0.2, 0.25) is 5.82 Å². The first kappa shape index (κ1) is 25.3. The number of hydrogen-bond donors (Lipinski definition) is 2. The number of carboxylic acids is 1. The fourth-order valence-corrected chi connectivity index (χ4v) is 3.95. The summed E-state index contributed by atoms with van der Waals surface area (Å²) in [6.07, 6.45) is -0.147. The summed E-state index contributed by atoms with van der Waals surface area (Å²) in [5, 5.41) is 13.2. The first-order valence-electron chi connectivity index (χ1n) is 11.6. The molecule has 2 aromatic heterocycles. The van der Waals surface area contributed by atoms with E-state index >= 15 is 0 Å². The van der Waals surface area contributed by atoms with Gasteiger partial charge in [-0.15, -0.1) is 0 Å². The minimum atomic E-state index is -4.65. The standard InChI is InChI=1S/C26H21F4N5O3/c1-14(17-10-31-23(32-11-17)26(28,29)30)35-22-19-8-16(15-2-4-18(27)5-3-15)9-20(21(19)33-13-34-22)38-12-25(6-7-25)24(36)37/h2-5,8-11,13-14H,6-7,12H2,1H3,(H,36,37)(H,33,34,35). The lowest BCUT2D eigenvalue weighted by Crippen LogP contribution is -2.23. The van der Waals surface area contributed by atoms with Crippen LogP contribution in [0, 0.1) is 11.2 Å². The number of halogens is 4. The average Bonchev–Trinajstić information content (AvgIpc) is 3.69. The van der Waals surface area contributed by atoms with Crippen molar-refractivity contribution in [3.8, 4) is 16.9 Å². The molecule has 4 aromatic rings. The number of carboxylic acid groups (broad SMARTS) is 1. The van der Waals surface area contributed by atoms with Gasteiger partial charge in [0.1, 0.15) is 41.3 Å². The summed E-state index contributed by atoms with van der Waals surface area (Å²) in [5.41, 5.74) is 1.19. The van der Waals surface area contributed by atoms with E-state index in [9.17, 15) is 27.5 Å². The maximum absolute atomic E-state index is 13.5. The third-order valence-electron chi connectivity index (χ3n) is 6.47. The van der Waals surface area contributed by atoms with Crippen molar-refractivity contribution in [2.24, 2.45) is 5.41 Å². The molecule has 0 radical (unpaired) electrons. The highest BCUT2D eigenvalue weighted by Gasteiger charge is 2.51. The number of carbonyl (C=O) groups is 1. The molecule has 1 atom stereocenters. The van der Waals surface area contributed by atoms with Crippen LogP contribution in [0.2, 0.25) is 0 Å². The summed E-state index contributed by atoms with van der Waals surface area (Å²) in [6, 6.07) is 8.78. The molecule has 2 aromatic carbocycles. The Hall–Kier alpha value is -4.35. The van der Waals surface area contributed by atoms with Crippen molar-refractivity contribution in [3.05, 3.63) is 72.3 Å². The highest BCUT2D eigenvalue weighted by molar-refractivity contribution is 5.96. The van der Waals surface area contributed by atoms with Crippen molar-refractivity contribution in [2.45, 2.75) is 32.0 Å². The highest BCUT2D eigenvalue weighted by atomic mass is 19.4. The number of anilines is 1. The zero-order valence-corrected chi connectivity index (χ0v) is 20.0. The molecule has 1 aliphatic carbocycles. The van der Waals surface area contributed by atoms with E-state index in [-0.39, 0.29) is 6.61 Å². The summed E-state index contributed by atoms with van der Waals surface area (Å²) < 4.78 is 58.1. The molecule has 2 heterocycles. The Morgan fingerprint density at radius 1 is 1.08 bits per heavy atom. The lowest BCUT2D eigenvalue weighted by atomic mass is 10.0. The average molecular weight is 527 g/mol. The van der Waals surface area contributed by atoms with Gasteiger partial charge in [0.25, 0.3) is 0 Å². The zero-order valence-electron chi connectivity index (χ0n) is 20.0. The van der Waals surface area contributed by atoms with Crippen LogP contribution in [-0.4, -0.2) is 37.6 Å². The monoisotopic (exact) mass is 527 g/mol. The van der Waals surface area contributed by atoms with Gasteiger partial charge in [-0.25, -0.2) is 24.3 Å². The SMILES string of the molecule is CC(Nc1ncnc2c(OCC3(C(=O)O)CC3)cc(-c3ccc(F)cc3)cc12)c1cnc(C(F)(F)F)nc1. The maximum atomic E-state index is 13.5. The first-order chi connectivity index (χ1) is 18.1. The maximum Gasteiger partial charge on any atom is 0.451 e. The predicted molar refractivity (Wildman–Crippen MR) is 129 cm³/mol. The number of alkyl halides is 3. The molecule has 5 rings (SSSR count). The highest BCUT2D eigenvalue weighted by Crippen LogP contribution is 2.47. The third kappa shape index (κ3) is 5.06. The van der Waals surface area contributed by atoms with Crippen LogP contribution in [-0.2, 0) is 11.0 Å². The third-order valence-corrected chi connectivity index (χ3v) is 6.47. The fourth-order valence-electron chi connectivity index (χ4n) is 3.95. The van der Waals surface area contributed by atoms with Crippen LogP contribution in [0.15, 0.2) is 55.1 Å². The molecule has 0 aliphatic heterocycles. The van der Waals surface area contributed by atoms with Crippen molar-refractivity contribution in [1.82, 2.24) is 19.9 Å². The van der Waals surface area contributed by atoms with Gasteiger partial charge in [0, 0.05) is 23.3 Å². The number of rotatable bonds is 8. The smallest absolute Gasteiger partial charge is 0.451 e. The molecule has 38 heavy (non-hydrogen) atoms. The molecule has 12 heteroatoms. The number of aliphatic carboxylic acids is 1. The Kier molecular flexibility index (Phi) is 6.33. The van der Waals surface area contributed by atoms with Crippen molar-refractivity contribution < 1.29 is 32.2 Å². The van der Waals surface area contributed by atoms with E-state index < -0.39 is 35.2 Å². The van der Waals surface area contributed by atoms with Crippen LogP contribution in [0.1, 0.15) is 37.2 Å². The largest absolute Gasteiger partial charge is 0.490 e. The number of fused-ring (bicyclic) bond motifs is 1. The van der Waals surface area contributed by atoms with Gasteiger partial charge in [-0.3, -0.25) is 4.79 Å². The summed E-state index contributed by atoms with van der Waals surface area (Å²) >= 11 is 0. The quantitative estimate of drug-likeness (QED) is 0.283. The van der Waals surface area contributed by atoms with Crippen LogP contribution in [0.5, 0.6) is 5.75 Å². The van der Waals surface area contributed by atoms with Gasteiger partial charge in [0.15, 0.2) is 0 Å². The molecule has 196 valence electrons. The molecular formula is C26H21F4N5O3. The van der Waals surface area contributed by atoms with Crippen LogP contribution >= 0.6 is 0 Å². The molecule has 8 nitrogen and oxygen atoms in total. The van der Waals surface area contributed by atoms with E-state index in [4.69, 9.17) is 4.74 Å². The van der Waals surface area contributed by atoms with E-state index in [0.717, 1.165) is 12.4 Å². The summed E-state index contributed by atoms with van der Waals surface area (Å²) in [4.78, 5) is 27.1. The van der Waals surface area contributed by atoms with Crippen molar-refractivity contribution in [2.75, 3.05) is 11.9 Å². The van der Waals surface area contributed by atoms with E-state index in [2.05, 4.69) is 25.3 Å². The molecule has 1 unspecified atom stereocenters. The second-order valence-electron chi connectivity index (χ2n) is 9.18. The molecule has 0 bridgehead atoms. The van der Waals surface area contributed by atoms with Crippen LogP contribution in [0.25, 0.3) is 22.0 Å². The number of nitrogens with one attached hydrogen (secondary N) is 1. The first-order valence-corrected chi connectivity index (χ1v) is 11.6. The van der Waals surface area contributed by atoms with E-state index in [1.54, 1.807) is 31.2 Å². The number of hydrogen-bond acceptors (Lipinski definition) is 7. The van der Waals surface area contributed by atoms with Crippen LogP contribution in [0.4, 0.5) is 23.4 Å². The lowest BCUT2D eigenvalue weighted by Gasteiger charge is -2.18. The van der Waals surface area contributed by atoms with Crippen molar-refractivity contribution in [1.29, 1.82) is 0 Å². The Balaban J connectivity index is 1.52. The Bertz CT molecular complexity index is 1490. The normalized spacial score (nSPS) is 15.2.